The number of benzene rings is 1. The lowest BCUT2D eigenvalue weighted by Gasteiger charge is -1.99. The average Bonchev–Trinajstić information content (AvgIpc) is 2.45. The highest BCUT2D eigenvalue weighted by Gasteiger charge is 2.13. The number of rotatable bonds is 1. The molecular weight excluding hydrogens is 217 g/mol. The number of H-pyrrole nitrogens is 1. The number of aromatic amines is 1. The Morgan fingerprint density at radius 1 is 1.36 bits per heavy atom. The second-order valence-electron chi connectivity index (χ2n) is 2.73. The second kappa shape index (κ2) is 3.16. The Bertz CT molecular complexity index is 481. The van der Waals surface area contributed by atoms with Crippen LogP contribution in [0, 0.1) is 5.82 Å². The van der Waals surface area contributed by atoms with Gasteiger partial charge in [-0.1, -0.05) is 0 Å². The van der Waals surface area contributed by atoms with Gasteiger partial charge in [0.25, 0.3) is 6.43 Å². The van der Waals surface area contributed by atoms with Gasteiger partial charge in [-0.05, 0) is 23.7 Å². The van der Waals surface area contributed by atoms with E-state index in [1.807, 2.05) is 0 Å². The van der Waals surface area contributed by atoms with Gasteiger partial charge >= 0.3 is 0 Å². The zero-order valence-electron chi connectivity index (χ0n) is 6.69. The number of aromatic nitrogens is 2. The summed E-state index contributed by atoms with van der Waals surface area (Å²) >= 11 is 5.47. The first-order valence-corrected chi connectivity index (χ1v) is 4.08. The molecule has 2 aromatic rings. The van der Waals surface area contributed by atoms with Crippen molar-refractivity contribution in [2.45, 2.75) is 6.43 Å². The van der Waals surface area contributed by atoms with Crippen molar-refractivity contribution in [1.82, 2.24) is 9.97 Å². The van der Waals surface area contributed by atoms with E-state index in [-0.39, 0.29) is 16.3 Å². The second-order valence-corrected chi connectivity index (χ2v) is 3.09. The molecule has 0 spiro atoms. The first-order valence-electron chi connectivity index (χ1n) is 3.70. The Morgan fingerprint density at radius 2 is 2.07 bits per heavy atom. The Morgan fingerprint density at radius 3 is 2.71 bits per heavy atom. The first-order chi connectivity index (χ1) is 6.58. The highest BCUT2D eigenvalue weighted by atomic mass is 35.5. The summed E-state index contributed by atoms with van der Waals surface area (Å²) in [5.74, 6) is -0.805. The number of hydrogen-bond acceptors (Lipinski definition) is 1. The number of nitrogens with one attached hydrogen (secondary N) is 1. The van der Waals surface area contributed by atoms with Crippen LogP contribution in [0.1, 0.15) is 12.0 Å². The molecule has 0 aliphatic carbocycles. The lowest BCUT2D eigenvalue weighted by atomic mass is 10.2. The summed E-state index contributed by atoms with van der Waals surface area (Å²) < 4.78 is 37.6. The van der Waals surface area contributed by atoms with Crippen LogP contribution < -0.4 is 0 Å². The van der Waals surface area contributed by atoms with Crippen molar-refractivity contribution in [2.75, 3.05) is 0 Å². The Balaban J connectivity index is 2.71. The molecule has 2 rings (SSSR count). The molecule has 1 aromatic heterocycles. The lowest BCUT2D eigenvalue weighted by molar-refractivity contribution is 0.151. The minimum absolute atomic E-state index is 0.0229. The predicted octanol–water partition coefficient (Wildman–Crippen LogP) is 3.29. The topological polar surface area (TPSA) is 28.7 Å². The van der Waals surface area contributed by atoms with Gasteiger partial charge in [0.05, 0.1) is 5.52 Å². The van der Waals surface area contributed by atoms with Gasteiger partial charge in [0.2, 0.25) is 5.28 Å². The third-order valence-corrected chi connectivity index (χ3v) is 1.96. The normalized spacial score (nSPS) is 11.5. The summed E-state index contributed by atoms with van der Waals surface area (Å²) in [6, 6.07) is 1.88. The van der Waals surface area contributed by atoms with E-state index < -0.39 is 17.8 Å². The molecule has 0 saturated heterocycles. The summed E-state index contributed by atoms with van der Waals surface area (Å²) in [5, 5.41) is -0.0229. The number of imidazole rings is 1. The lowest BCUT2D eigenvalue weighted by Crippen LogP contribution is -1.87. The SMILES string of the molecule is Fc1cc(C(F)F)cc2[nH]c(Cl)nc12. The monoisotopic (exact) mass is 220 g/mol. The molecule has 1 aromatic carbocycles. The predicted molar refractivity (Wildman–Crippen MR) is 46.0 cm³/mol. The van der Waals surface area contributed by atoms with Crippen molar-refractivity contribution in [3.8, 4) is 0 Å². The number of halogens is 4. The van der Waals surface area contributed by atoms with Crippen molar-refractivity contribution in [3.63, 3.8) is 0 Å². The van der Waals surface area contributed by atoms with Crippen LogP contribution in [0.15, 0.2) is 12.1 Å². The maximum Gasteiger partial charge on any atom is 0.264 e. The van der Waals surface area contributed by atoms with Crippen LogP contribution in [0.3, 0.4) is 0 Å². The van der Waals surface area contributed by atoms with Crippen LogP contribution in [0.4, 0.5) is 13.2 Å². The Labute approximate surface area is 81.7 Å². The maximum atomic E-state index is 13.1. The molecule has 0 atom stereocenters. The van der Waals surface area contributed by atoms with Crippen LogP contribution in [0.25, 0.3) is 11.0 Å². The fourth-order valence-electron chi connectivity index (χ4n) is 1.19. The standard InChI is InChI=1S/C8H4ClF3N2/c9-8-13-5-2-3(7(11)12)1-4(10)6(5)14-8/h1-2,7H,(H,13,14). The highest BCUT2D eigenvalue weighted by molar-refractivity contribution is 6.29. The molecule has 2 nitrogen and oxygen atoms in total. The number of nitrogens with zero attached hydrogens (tertiary/aromatic N) is 1. The van der Waals surface area contributed by atoms with Crippen LogP contribution >= 0.6 is 11.6 Å². The molecule has 0 radical (unpaired) electrons. The molecule has 0 saturated carbocycles. The molecule has 0 amide bonds. The molecule has 0 unspecified atom stereocenters. The summed E-state index contributed by atoms with van der Waals surface area (Å²) in [6.07, 6.45) is -2.71. The van der Waals surface area contributed by atoms with Crippen molar-refractivity contribution in [3.05, 3.63) is 28.8 Å². The molecule has 74 valence electrons. The van der Waals surface area contributed by atoms with Crippen LogP contribution in [0.5, 0.6) is 0 Å². The summed E-state index contributed by atoms with van der Waals surface area (Å²) in [6.45, 7) is 0. The highest BCUT2D eigenvalue weighted by Crippen LogP contribution is 2.25. The van der Waals surface area contributed by atoms with Crippen LogP contribution in [-0.2, 0) is 0 Å². The van der Waals surface area contributed by atoms with Crippen molar-refractivity contribution < 1.29 is 13.2 Å². The van der Waals surface area contributed by atoms with Gasteiger partial charge in [-0.15, -0.1) is 0 Å². The molecule has 1 heterocycles. The van der Waals surface area contributed by atoms with E-state index in [1.165, 1.54) is 0 Å². The maximum absolute atomic E-state index is 13.1. The Hall–Kier alpha value is -1.23. The summed E-state index contributed by atoms with van der Waals surface area (Å²) in [5.41, 5.74) is -0.250. The molecule has 1 N–H and O–H groups in total. The van der Waals surface area contributed by atoms with Gasteiger partial charge in [-0.3, -0.25) is 0 Å². The van der Waals surface area contributed by atoms with E-state index >= 15 is 0 Å². The number of fused-ring (bicyclic) bond motifs is 1. The molecule has 6 heteroatoms. The molecule has 14 heavy (non-hydrogen) atoms. The fraction of sp³-hybridized carbons (Fsp3) is 0.125. The van der Waals surface area contributed by atoms with Crippen LogP contribution in [-0.4, -0.2) is 9.97 Å². The largest absolute Gasteiger partial charge is 0.328 e. The van der Waals surface area contributed by atoms with E-state index in [0.717, 1.165) is 12.1 Å². The van der Waals surface area contributed by atoms with E-state index in [2.05, 4.69) is 9.97 Å². The van der Waals surface area contributed by atoms with Gasteiger partial charge in [0.1, 0.15) is 5.52 Å². The van der Waals surface area contributed by atoms with Gasteiger partial charge < -0.3 is 4.98 Å². The van der Waals surface area contributed by atoms with Crippen molar-refractivity contribution in [1.29, 1.82) is 0 Å². The smallest absolute Gasteiger partial charge is 0.264 e. The third-order valence-electron chi connectivity index (χ3n) is 1.79. The molecule has 0 bridgehead atoms. The van der Waals surface area contributed by atoms with E-state index in [1.54, 1.807) is 0 Å². The zero-order valence-corrected chi connectivity index (χ0v) is 7.45. The number of hydrogen-bond donors (Lipinski definition) is 1. The fourth-order valence-corrected chi connectivity index (χ4v) is 1.38. The van der Waals surface area contributed by atoms with E-state index in [0.29, 0.717) is 0 Å². The van der Waals surface area contributed by atoms with E-state index in [9.17, 15) is 13.2 Å². The van der Waals surface area contributed by atoms with E-state index in [4.69, 9.17) is 11.6 Å². The quantitative estimate of drug-likeness (QED) is 0.785. The first kappa shape index (κ1) is 9.33. The summed E-state index contributed by atoms with van der Waals surface area (Å²) in [7, 11) is 0. The minimum atomic E-state index is -2.71. The van der Waals surface area contributed by atoms with Gasteiger partial charge in [-0.25, -0.2) is 18.2 Å². The van der Waals surface area contributed by atoms with Gasteiger partial charge in [-0.2, -0.15) is 0 Å². The average molecular weight is 221 g/mol. The number of alkyl halides is 2. The molecule has 0 aliphatic heterocycles. The van der Waals surface area contributed by atoms with Gasteiger partial charge in [0, 0.05) is 5.56 Å². The third kappa shape index (κ3) is 1.43. The van der Waals surface area contributed by atoms with Crippen LogP contribution in [0.2, 0.25) is 5.28 Å². The van der Waals surface area contributed by atoms with Crippen molar-refractivity contribution >= 4 is 22.6 Å². The molecule has 0 aliphatic rings. The molecule has 0 fully saturated rings. The minimum Gasteiger partial charge on any atom is -0.328 e. The Kier molecular flexibility index (Phi) is 2.11. The summed E-state index contributed by atoms with van der Waals surface area (Å²) in [4.78, 5) is 6.08. The van der Waals surface area contributed by atoms with Crippen molar-refractivity contribution in [2.24, 2.45) is 0 Å². The molecular formula is C8H4ClF3N2. The van der Waals surface area contributed by atoms with Gasteiger partial charge in [0.15, 0.2) is 5.82 Å². The zero-order chi connectivity index (χ0) is 10.3.